The van der Waals surface area contributed by atoms with Crippen molar-refractivity contribution in [3.8, 4) is 0 Å². The van der Waals surface area contributed by atoms with Crippen LogP contribution in [-0.2, 0) is 9.53 Å². The van der Waals surface area contributed by atoms with Gasteiger partial charge in [-0.3, -0.25) is 4.79 Å². The fourth-order valence-corrected chi connectivity index (χ4v) is 1.86. The van der Waals surface area contributed by atoms with Crippen molar-refractivity contribution in [1.29, 1.82) is 0 Å². The van der Waals surface area contributed by atoms with E-state index in [2.05, 4.69) is 24.5 Å². The third-order valence-electron chi connectivity index (χ3n) is 2.86. The Morgan fingerprint density at radius 3 is 2.60 bits per heavy atom. The standard InChI is InChI=1S/C15H22N2O3/c1-5-20-13(18)9-16-15(19)17-14-11(4)7-6-8-12(14)10(2)3/h6-8,10H,5,9H2,1-4H3,(H2,16,17,19). The largest absolute Gasteiger partial charge is 0.465 e. The number of carbonyl (C=O) groups is 2. The Morgan fingerprint density at radius 2 is 2.00 bits per heavy atom. The van der Waals surface area contributed by atoms with Crippen LogP contribution in [0.2, 0.25) is 0 Å². The van der Waals surface area contributed by atoms with Crippen molar-refractivity contribution in [2.45, 2.75) is 33.6 Å². The Balaban J connectivity index is 2.69. The number of nitrogens with one attached hydrogen (secondary N) is 2. The van der Waals surface area contributed by atoms with Crippen molar-refractivity contribution in [2.24, 2.45) is 0 Å². The second kappa shape index (κ2) is 7.53. The van der Waals surface area contributed by atoms with Crippen LogP contribution in [0.25, 0.3) is 0 Å². The number of para-hydroxylation sites is 1. The number of ether oxygens (including phenoxy) is 1. The molecule has 0 atom stereocenters. The first kappa shape index (κ1) is 16.0. The molecule has 0 radical (unpaired) electrons. The zero-order valence-corrected chi connectivity index (χ0v) is 12.4. The van der Waals surface area contributed by atoms with Crippen molar-refractivity contribution < 1.29 is 14.3 Å². The zero-order valence-electron chi connectivity index (χ0n) is 12.4. The van der Waals surface area contributed by atoms with E-state index in [9.17, 15) is 9.59 Å². The number of urea groups is 1. The van der Waals surface area contributed by atoms with Crippen molar-refractivity contribution in [3.63, 3.8) is 0 Å². The molecule has 0 aromatic heterocycles. The van der Waals surface area contributed by atoms with Gasteiger partial charge >= 0.3 is 12.0 Å². The molecule has 0 aliphatic carbocycles. The van der Waals surface area contributed by atoms with E-state index in [1.807, 2.05) is 25.1 Å². The SMILES string of the molecule is CCOC(=O)CNC(=O)Nc1c(C)cccc1C(C)C. The smallest absolute Gasteiger partial charge is 0.325 e. The maximum absolute atomic E-state index is 11.8. The van der Waals surface area contributed by atoms with Gasteiger partial charge in [0, 0.05) is 5.69 Å². The number of anilines is 1. The van der Waals surface area contributed by atoms with Gasteiger partial charge in [-0.25, -0.2) is 4.79 Å². The first-order valence-electron chi connectivity index (χ1n) is 6.75. The molecule has 0 aliphatic rings. The molecule has 20 heavy (non-hydrogen) atoms. The fraction of sp³-hybridized carbons (Fsp3) is 0.467. The summed E-state index contributed by atoms with van der Waals surface area (Å²) in [6.07, 6.45) is 0. The van der Waals surface area contributed by atoms with E-state index in [-0.39, 0.29) is 6.54 Å². The molecular formula is C15H22N2O3. The molecule has 0 spiro atoms. The normalized spacial score (nSPS) is 10.2. The third-order valence-corrected chi connectivity index (χ3v) is 2.86. The summed E-state index contributed by atoms with van der Waals surface area (Å²) < 4.78 is 4.75. The lowest BCUT2D eigenvalue weighted by Crippen LogP contribution is -2.34. The van der Waals surface area contributed by atoms with Gasteiger partial charge in [-0.15, -0.1) is 0 Å². The molecule has 0 aliphatic heterocycles. The Labute approximate surface area is 119 Å². The summed E-state index contributed by atoms with van der Waals surface area (Å²) in [5, 5.41) is 5.28. The van der Waals surface area contributed by atoms with Gasteiger partial charge in [0.15, 0.2) is 0 Å². The Hall–Kier alpha value is -2.04. The molecule has 0 saturated carbocycles. The van der Waals surface area contributed by atoms with E-state index >= 15 is 0 Å². The highest BCUT2D eigenvalue weighted by atomic mass is 16.5. The van der Waals surface area contributed by atoms with Crippen LogP contribution in [0.5, 0.6) is 0 Å². The van der Waals surface area contributed by atoms with Gasteiger partial charge in [0.25, 0.3) is 0 Å². The molecular weight excluding hydrogens is 256 g/mol. The summed E-state index contributed by atoms with van der Waals surface area (Å²) in [7, 11) is 0. The summed E-state index contributed by atoms with van der Waals surface area (Å²) in [5.41, 5.74) is 2.85. The maximum atomic E-state index is 11.8. The number of benzene rings is 1. The second-order valence-corrected chi connectivity index (χ2v) is 4.81. The molecule has 5 heteroatoms. The molecule has 1 aromatic carbocycles. The monoisotopic (exact) mass is 278 g/mol. The van der Waals surface area contributed by atoms with Gasteiger partial charge in [0.05, 0.1) is 6.61 Å². The van der Waals surface area contributed by atoms with Crippen LogP contribution in [-0.4, -0.2) is 25.2 Å². The molecule has 0 fully saturated rings. The molecule has 0 saturated heterocycles. The highest BCUT2D eigenvalue weighted by molar-refractivity contribution is 5.93. The Morgan fingerprint density at radius 1 is 1.30 bits per heavy atom. The average Bonchev–Trinajstić information content (AvgIpc) is 2.39. The summed E-state index contributed by atoms with van der Waals surface area (Å²) in [5.74, 6) is -0.147. The van der Waals surface area contributed by atoms with Gasteiger partial charge in [-0.1, -0.05) is 32.0 Å². The number of hydrogen-bond donors (Lipinski definition) is 2. The van der Waals surface area contributed by atoms with Crippen molar-refractivity contribution in [1.82, 2.24) is 5.32 Å². The van der Waals surface area contributed by atoms with Crippen LogP contribution in [0.3, 0.4) is 0 Å². The Bertz CT molecular complexity index is 484. The first-order chi connectivity index (χ1) is 9.45. The molecule has 1 rings (SSSR count). The van der Waals surface area contributed by atoms with E-state index in [0.29, 0.717) is 12.5 Å². The predicted octanol–water partition coefficient (Wildman–Crippen LogP) is 2.80. The van der Waals surface area contributed by atoms with E-state index in [4.69, 9.17) is 4.74 Å². The summed E-state index contributed by atoms with van der Waals surface area (Å²) in [4.78, 5) is 23.0. The van der Waals surface area contributed by atoms with Gasteiger partial charge in [-0.2, -0.15) is 0 Å². The molecule has 2 amide bonds. The van der Waals surface area contributed by atoms with Crippen LogP contribution in [0.15, 0.2) is 18.2 Å². The lowest BCUT2D eigenvalue weighted by molar-refractivity contribution is -0.141. The lowest BCUT2D eigenvalue weighted by atomic mass is 9.98. The summed E-state index contributed by atoms with van der Waals surface area (Å²) in [6, 6.07) is 5.48. The van der Waals surface area contributed by atoms with Crippen molar-refractivity contribution in [3.05, 3.63) is 29.3 Å². The van der Waals surface area contributed by atoms with Gasteiger partial charge in [0.2, 0.25) is 0 Å². The number of esters is 1. The molecule has 5 nitrogen and oxygen atoms in total. The maximum Gasteiger partial charge on any atom is 0.325 e. The van der Waals surface area contributed by atoms with Crippen molar-refractivity contribution >= 4 is 17.7 Å². The highest BCUT2D eigenvalue weighted by Gasteiger charge is 2.12. The molecule has 0 unspecified atom stereocenters. The van der Waals surface area contributed by atoms with Crippen LogP contribution >= 0.6 is 0 Å². The molecule has 2 N–H and O–H groups in total. The zero-order chi connectivity index (χ0) is 15.1. The molecule has 1 aromatic rings. The van der Waals surface area contributed by atoms with Crippen molar-refractivity contribution in [2.75, 3.05) is 18.5 Å². The summed E-state index contributed by atoms with van der Waals surface area (Å²) in [6.45, 7) is 7.96. The number of aryl methyl sites for hydroxylation is 1. The molecule has 0 bridgehead atoms. The van der Waals surface area contributed by atoms with Gasteiger partial charge < -0.3 is 15.4 Å². The van der Waals surface area contributed by atoms with Crippen LogP contribution < -0.4 is 10.6 Å². The number of amides is 2. The van der Waals surface area contributed by atoms with E-state index in [1.165, 1.54) is 0 Å². The number of carbonyl (C=O) groups excluding carboxylic acids is 2. The van der Waals surface area contributed by atoms with Crippen LogP contribution in [0.4, 0.5) is 10.5 Å². The predicted molar refractivity (Wildman–Crippen MR) is 78.9 cm³/mol. The molecule has 0 heterocycles. The number of rotatable bonds is 5. The van der Waals surface area contributed by atoms with Crippen LogP contribution in [0.1, 0.15) is 37.8 Å². The highest BCUT2D eigenvalue weighted by Crippen LogP contribution is 2.27. The molecule has 110 valence electrons. The van der Waals surface area contributed by atoms with Gasteiger partial charge in [-0.05, 0) is 30.9 Å². The minimum atomic E-state index is -0.448. The Kier molecular flexibility index (Phi) is 6.03. The second-order valence-electron chi connectivity index (χ2n) is 4.81. The summed E-state index contributed by atoms with van der Waals surface area (Å²) >= 11 is 0. The van der Waals surface area contributed by atoms with Crippen LogP contribution in [0, 0.1) is 6.92 Å². The third kappa shape index (κ3) is 4.57. The lowest BCUT2D eigenvalue weighted by Gasteiger charge is -2.16. The first-order valence-corrected chi connectivity index (χ1v) is 6.75. The minimum absolute atomic E-state index is 0.136. The average molecular weight is 278 g/mol. The van der Waals surface area contributed by atoms with Gasteiger partial charge in [0.1, 0.15) is 6.54 Å². The topological polar surface area (TPSA) is 67.4 Å². The fourth-order valence-electron chi connectivity index (χ4n) is 1.86. The van der Waals surface area contributed by atoms with E-state index in [1.54, 1.807) is 6.92 Å². The van der Waals surface area contributed by atoms with E-state index in [0.717, 1.165) is 16.8 Å². The minimum Gasteiger partial charge on any atom is -0.465 e. The van der Waals surface area contributed by atoms with E-state index < -0.39 is 12.0 Å². The number of hydrogen-bond acceptors (Lipinski definition) is 3. The quantitative estimate of drug-likeness (QED) is 0.814.